The van der Waals surface area contributed by atoms with E-state index in [1.165, 1.54) is 6.07 Å². The summed E-state index contributed by atoms with van der Waals surface area (Å²) in [5.74, 6) is -0.402. The monoisotopic (exact) mass is 396 g/mol. The van der Waals surface area contributed by atoms with Crippen LogP contribution < -0.4 is 0 Å². The second-order valence-corrected chi connectivity index (χ2v) is 6.66. The van der Waals surface area contributed by atoms with E-state index in [4.69, 9.17) is 0 Å². The number of fused-ring (bicyclic) bond motifs is 1. The summed E-state index contributed by atoms with van der Waals surface area (Å²) in [6, 6.07) is 16.5. The van der Waals surface area contributed by atoms with E-state index < -0.39 is 5.82 Å². The molecule has 5 heteroatoms. The fourth-order valence-electron chi connectivity index (χ4n) is 2.93. The molecule has 0 radical (unpaired) electrons. The van der Waals surface area contributed by atoms with Crippen molar-refractivity contribution >= 4 is 21.6 Å². The predicted molar refractivity (Wildman–Crippen MR) is 99.6 cm³/mol. The number of aliphatic hydroxyl groups is 1. The molecule has 2 heterocycles. The van der Waals surface area contributed by atoms with Gasteiger partial charge >= 0.3 is 0 Å². The Morgan fingerprint density at radius 3 is 2.64 bits per heavy atom. The van der Waals surface area contributed by atoms with Gasteiger partial charge in [-0.15, -0.1) is 0 Å². The molecule has 4 aromatic rings. The molecule has 0 spiro atoms. The molecule has 0 saturated heterocycles. The largest absolute Gasteiger partial charge is 0.392 e. The van der Waals surface area contributed by atoms with Gasteiger partial charge in [0.05, 0.1) is 12.3 Å². The SMILES string of the molecule is OCc1c(F)cccc1-c1ccc2nc(-c3cccc(Br)c3)cn2c1. The minimum absolute atomic E-state index is 0.300. The van der Waals surface area contributed by atoms with Crippen LogP contribution in [0.15, 0.2) is 71.5 Å². The third kappa shape index (κ3) is 2.97. The highest BCUT2D eigenvalue weighted by molar-refractivity contribution is 9.10. The van der Waals surface area contributed by atoms with E-state index >= 15 is 0 Å². The summed E-state index contributed by atoms with van der Waals surface area (Å²) in [6.45, 7) is -0.340. The number of hydrogen-bond acceptors (Lipinski definition) is 2. The quantitative estimate of drug-likeness (QED) is 0.525. The molecule has 2 aromatic carbocycles. The number of halogens is 2. The van der Waals surface area contributed by atoms with Crippen molar-refractivity contribution < 1.29 is 9.50 Å². The lowest BCUT2D eigenvalue weighted by Crippen LogP contribution is -1.95. The minimum atomic E-state index is -0.402. The molecule has 0 aliphatic heterocycles. The molecule has 0 fully saturated rings. The Bertz CT molecular complexity index is 1070. The van der Waals surface area contributed by atoms with Crippen LogP contribution in [0.4, 0.5) is 4.39 Å². The van der Waals surface area contributed by atoms with Crippen molar-refractivity contribution in [1.82, 2.24) is 9.38 Å². The highest BCUT2D eigenvalue weighted by atomic mass is 79.9. The second-order valence-electron chi connectivity index (χ2n) is 5.74. The summed E-state index contributed by atoms with van der Waals surface area (Å²) in [7, 11) is 0. The second kappa shape index (κ2) is 6.43. The van der Waals surface area contributed by atoms with Crippen molar-refractivity contribution in [3.05, 3.63) is 82.8 Å². The topological polar surface area (TPSA) is 37.5 Å². The number of hydrogen-bond donors (Lipinski definition) is 1. The molecule has 0 bridgehead atoms. The number of benzene rings is 2. The molecule has 0 atom stereocenters. The molecule has 0 aliphatic rings. The maximum absolute atomic E-state index is 13.9. The first kappa shape index (κ1) is 16.0. The Kier molecular flexibility index (Phi) is 4.11. The Morgan fingerprint density at radius 1 is 1.00 bits per heavy atom. The molecule has 0 amide bonds. The van der Waals surface area contributed by atoms with Gasteiger partial charge < -0.3 is 9.51 Å². The maximum Gasteiger partial charge on any atom is 0.137 e. The summed E-state index contributed by atoms with van der Waals surface area (Å²) < 4.78 is 16.8. The van der Waals surface area contributed by atoms with Gasteiger partial charge in [-0.05, 0) is 41.5 Å². The lowest BCUT2D eigenvalue weighted by molar-refractivity contribution is 0.276. The predicted octanol–water partition coefficient (Wildman–Crippen LogP) is 5.06. The summed E-state index contributed by atoms with van der Waals surface area (Å²) in [4.78, 5) is 4.64. The van der Waals surface area contributed by atoms with Gasteiger partial charge in [0.1, 0.15) is 11.5 Å². The molecule has 0 aliphatic carbocycles. The van der Waals surface area contributed by atoms with Crippen molar-refractivity contribution in [3.63, 3.8) is 0 Å². The zero-order valence-corrected chi connectivity index (χ0v) is 14.7. The number of aromatic nitrogens is 2. The van der Waals surface area contributed by atoms with E-state index in [-0.39, 0.29) is 6.61 Å². The number of rotatable bonds is 3. The van der Waals surface area contributed by atoms with E-state index in [9.17, 15) is 9.50 Å². The van der Waals surface area contributed by atoms with Crippen LogP contribution in [0, 0.1) is 5.82 Å². The van der Waals surface area contributed by atoms with Crippen molar-refractivity contribution in [2.75, 3.05) is 0 Å². The smallest absolute Gasteiger partial charge is 0.137 e. The Morgan fingerprint density at radius 2 is 1.84 bits per heavy atom. The average molecular weight is 397 g/mol. The van der Waals surface area contributed by atoms with E-state index in [0.717, 1.165) is 26.9 Å². The normalized spacial score (nSPS) is 11.2. The lowest BCUT2D eigenvalue weighted by atomic mass is 10.0. The van der Waals surface area contributed by atoms with E-state index in [2.05, 4.69) is 20.9 Å². The summed E-state index contributed by atoms with van der Waals surface area (Å²) in [6.07, 6.45) is 3.84. The zero-order valence-electron chi connectivity index (χ0n) is 13.2. The number of nitrogens with zero attached hydrogens (tertiary/aromatic N) is 2. The van der Waals surface area contributed by atoms with Crippen LogP contribution in [0.2, 0.25) is 0 Å². The van der Waals surface area contributed by atoms with Crippen LogP contribution in [0.25, 0.3) is 28.0 Å². The molecule has 0 unspecified atom stereocenters. The Hall–Kier alpha value is -2.50. The van der Waals surface area contributed by atoms with E-state index in [0.29, 0.717) is 11.1 Å². The minimum Gasteiger partial charge on any atom is -0.392 e. The van der Waals surface area contributed by atoms with Crippen molar-refractivity contribution in [1.29, 1.82) is 0 Å². The fourth-order valence-corrected chi connectivity index (χ4v) is 3.33. The number of pyridine rings is 1. The first-order chi connectivity index (χ1) is 12.2. The van der Waals surface area contributed by atoms with Gasteiger partial charge in [0.15, 0.2) is 0 Å². The summed E-state index contributed by atoms with van der Waals surface area (Å²) in [5.41, 5.74) is 4.49. The standard InChI is InChI=1S/C20H14BrFN2O/c21-15-4-1-3-13(9-15)19-11-24-10-14(7-8-20(24)23-19)16-5-2-6-18(22)17(16)12-25/h1-11,25H,12H2. The van der Waals surface area contributed by atoms with Gasteiger partial charge in [0.25, 0.3) is 0 Å². The van der Waals surface area contributed by atoms with E-state index in [1.54, 1.807) is 6.07 Å². The average Bonchev–Trinajstić information content (AvgIpc) is 3.04. The maximum atomic E-state index is 13.9. The van der Waals surface area contributed by atoms with Gasteiger partial charge in [-0.1, -0.05) is 40.2 Å². The Labute approximate surface area is 152 Å². The van der Waals surface area contributed by atoms with Crippen molar-refractivity contribution in [3.8, 4) is 22.4 Å². The fraction of sp³-hybridized carbons (Fsp3) is 0.0500. The first-order valence-electron chi connectivity index (χ1n) is 7.79. The molecule has 124 valence electrons. The Balaban J connectivity index is 1.83. The highest BCUT2D eigenvalue weighted by Crippen LogP contribution is 2.28. The molecule has 25 heavy (non-hydrogen) atoms. The molecular weight excluding hydrogens is 383 g/mol. The van der Waals surface area contributed by atoms with Gasteiger partial charge in [0, 0.05) is 28.0 Å². The lowest BCUT2D eigenvalue weighted by Gasteiger charge is -2.09. The summed E-state index contributed by atoms with van der Waals surface area (Å²) in [5, 5.41) is 9.49. The number of aliphatic hydroxyl groups excluding tert-OH is 1. The third-order valence-corrected chi connectivity index (χ3v) is 4.65. The van der Waals surface area contributed by atoms with Crippen LogP contribution in [0.1, 0.15) is 5.56 Å². The van der Waals surface area contributed by atoms with Crippen LogP contribution >= 0.6 is 15.9 Å². The van der Waals surface area contributed by atoms with Crippen molar-refractivity contribution in [2.24, 2.45) is 0 Å². The van der Waals surface area contributed by atoms with E-state index in [1.807, 2.05) is 59.3 Å². The van der Waals surface area contributed by atoms with Gasteiger partial charge in [-0.25, -0.2) is 9.37 Å². The number of imidazole rings is 1. The third-order valence-electron chi connectivity index (χ3n) is 4.16. The zero-order chi connectivity index (χ0) is 17.4. The van der Waals surface area contributed by atoms with Crippen LogP contribution in [-0.4, -0.2) is 14.5 Å². The molecule has 4 rings (SSSR count). The van der Waals surface area contributed by atoms with Gasteiger partial charge in [-0.2, -0.15) is 0 Å². The highest BCUT2D eigenvalue weighted by Gasteiger charge is 2.11. The van der Waals surface area contributed by atoms with Crippen LogP contribution in [-0.2, 0) is 6.61 Å². The van der Waals surface area contributed by atoms with Crippen LogP contribution in [0.3, 0.4) is 0 Å². The van der Waals surface area contributed by atoms with Crippen LogP contribution in [0.5, 0.6) is 0 Å². The molecule has 2 aromatic heterocycles. The molecular formula is C20H14BrFN2O. The van der Waals surface area contributed by atoms with Gasteiger partial charge in [-0.3, -0.25) is 0 Å². The van der Waals surface area contributed by atoms with Crippen molar-refractivity contribution in [2.45, 2.75) is 6.61 Å². The molecule has 3 nitrogen and oxygen atoms in total. The summed E-state index contributed by atoms with van der Waals surface area (Å²) >= 11 is 3.47. The first-order valence-corrected chi connectivity index (χ1v) is 8.58. The molecule has 0 saturated carbocycles. The van der Waals surface area contributed by atoms with Gasteiger partial charge in [0.2, 0.25) is 0 Å². The molecule has 1 N–H and O–H groups in total.